The average Bonchev–Trinajstić information content (AvgIpc) is 2.95. The Labute approximate surface area is 135 Å². The van der Waals surface area contributed by atoms with Gasteiger partial charge in [0.1, 0.15) is 5.82 Å². The highest BCUT2D eigenvalue weighted by molar-refractivity contribution is 5.69. The molecule has 0 saturated heterocycles. The van der Waals surface area contributed by atoms with E-state index in [0.717, 1.165) is 37.2 Å². The summed E-state index contributed by atoms with van der Waals surface area (Å²) in [6.07, 6.45) is 3.19. The lowest BCUT2D eigenvalue weighted by molar-refractivity contribution is 0.607. The Bertz CT molecular complexity index is 821. The molecule has 4 rings (SSSR count). The molecule has 2 heterocycles. The van der Waals surface area contributed by atoms with E-state index in [1.165, 1.54) is 22.9 Å². The summed E-state index contributed by atoms with van der Waals surface area (Å²) >= 11 is 0. The number of benzene rings is 2. The quantitative estimate of drug-likeness (QED) is 0.774. The minimum atomic E-state index is -0.184. The maximum Gasteiger partial charge on any atom is 0.123 e. The molecular weight excluding hydrogens is 287 g/mol. The van der Waals surface area contributed by atoms with Crippen LogP contribution >= 0.6 is 0 Å². The topological polar surface area (TPSA) is 17.0 Å². The number of hydrogen-bond acceptors (Lipinski definition) is 1. The van der Waals surface area contributed by atoms with Crippen molar-refractivity contribution in [1.29, 1.82) is 0 Å². The van der Waals surface area contributed by atoms with Gasteiger partial charge in [0, 0.05) is 43.5 Å². The molecule has 0 bridgehead atoms. The fourth-order valence-corrected chi connectivity index (χ4v) is 3.38. The monoisotopic (exact) mass is 306 g/mol. The van der Waals surface area contributed by atoms with E-state index >= 15 is 0 Å². The van der Waals surface area contributed by atoms with Crippen molar-refractivity contribution in [2.45, 2.75) is 19.5 Å². The summed E-state index contributed by atoms with van der Waals surface area (Å²) in [7, 11) is 0. The molecule has 0 aliphatic carbocycles. The third kappa shape index (κ3) is 2.80. The van der Waals surface area contributed by atoms with Crippen LogP contribution in [0.1, 0.15) is 16.8 Å². The first-order chi connectivity index (χ1) is 11.3. The first-order valence-electron chi connectivity index (χ1n) is 8.03. The second kappa shape index (κ2) is 6.01. The average molecular weight is 306 g/mol. The second-order valence-electron chi connectivity index (χ2n) is 6.02. The van der Waals surface area contributed by atoms with Gasteiger partial charge in [0.25, 0.3) is 0 Å². The number of nitrogens with zero attached hydrogens (tertiary/aromatic N) is 1. The standard InChI is InChI=1S/C20H19FN2/c21-17-8-4-7-16(11-17)19-14-23(13-15-5-2-1-3-6-15)20-9-10-22-12-18(19)20/h1-8,11,14,22H,9-10,12-13H2. The molecule has 3 heteroatoms. The minimum absolute atomic E-state index is 0.184. The summed E-state index contributed by atoms with van der Waals surface area (Å²) in [6, 6.07) is 17.4. The van der Waals surface area contributed by atoms with Crippen LogP contribution in [-0.4, -0.2) is 11.1 Å². The number of rotatable bonds is 3. The third-order valence-corrected chi connectivity index (χ3v) is 4.48. The first kappa shape index (κ1) is 14.2. The smallest absolute Gasteiger partial charge is 0.123 e. The lowest BCUT2D eigenvalue weighted by Crippen LogP contribution is -2.25. The molecule has 23 heavy (non-hydrogen) atoms. The van der Waals surface area contributed by atoms with E-state index < -0.39 is 0 Å². The molecule has 2 aromatic carbocycles. The van der Waals surface area contributed by atoms with Crippen LogP contribution in [0.15, 0.2) is 60.8 Å². The predicted octanol–water partition coefficient (Wildman–Crippen LogP) is 3.99. The summed E-state index contributed by atoms with van der Waals surface area (Å²) in [6.45, 7) is 2.70. The Morgan fingerprint density at radius 1 is 1.04 bits per heavy atom. The molecule has 0 amide bonds. The third-order valence-electron chi connectivity index (χ3n) is 4.48. The number of aromatic nitrogens is 1. The molecule has 0 atom stereocenters. The first-order valence-corrected chi connectivity index (χ1v) is 8.03. The van der Waals surface area contributed by atoms with Crippen molar-refractivity contribution in [2.75, 3.05) is 6.54 Å². The molecule has 0 radical (unpaired) electrons. The van der Waals surface area contributed by atoms with E-state index in [1.807, 2.05) is 12.1 Å². The molecule has 1 N–H and O–H groups in total. The Morgan fingerprint density at radius 2 is 1.91 bits per heavy atom. The maximum atomic E-state index is 13.6. The summed E-state index contributed by atoms with van der Waals surface area (Å²) in [5.41, 5.74) is 6.05. The van der Waals surface area contributed by atoms with Crippen molar-refractivity contribution in [1.82, 2.24) is 9.88 Å². The SMILES string of the molecule is Fc1cccc(-c2cn(Cc3ccccc3)c3c2CNCC3)c1. The van der Waals surface area contributed by atoms with Crippen LogP contribution in [0.5, 0.6) is 0 Å². The summed E-state index contributed by atoms with van der Waals surface area (Å²) in [5.74, 6) is -0.184. The van der Waals surface area contributed by atoms with Crippen LogP contribution in [0.3, 0.4) is 0 Å². The van der Waals surface area contributed by atoms with Gasteiger partial charge < -0.3 is 9.88 Å². The number of nitrogens with one attached hydrogen (secondary N) is 1. The highest BCUT2D eigenvalue weighted by Crippen LogP contribution is 2.31. The molecule has 0 unspecified atom stereocenters. The molecule has 0 spiro atoms. The van der Waals surface area contributed by atoms with Crippen LogP contribution < -0.4 is 5.32 Å². The number of fused-ring (bicyclic) bond motifs is 1. The van der Waals surface area contributed by atoms with Gasteiger partial charge in [-0.1, -0.05) is 42.5 Å². The maximum absolute atomic E-state index is 13.6. The second-order valence-corrected chi connectivity index (χ2v) is 6.02. The molecule has 3 aromatic rings. The Morgan fingerprint density at radius 3 is 2.74 bits per heavy atom. The lowest BCUT2D eigenvalue weighted by Gasteiger charge is -2.17. The normalized spacial score (nSPS) is 13.8. The summed E-state index contributed by atoms with van der Waals surface area (Å²) in [5, 5.41) is 3.44. The number of halogens is 1. The van der Waals surface area contributed by atoms with E-state index in [2.05, 4.69) is 40.3 Å². The van der Waals surface area contributed by atoms with Gasteiger partial charge in [0.2, 0.25) is 0 Å². The van der Waals surface area contributed by atoms with Gasteiger partial charge in [-0.3, -0.25) is 0 Å². The van der Waals surface area contributed by atoms with Gasteiger partial charge in [0.05, 0.1) is 0 Å². The highest BCUT2D eigenvalue weighted by atomic mass is 19.1. The van der Waals surface area contributed by atoms with Crippen LogP contribution in [-0.2, 0) is 19.5 Å². The van der Waals surface area contributed by atoms with Gasteiger partial charge >= 0.3 is 0 Å². The van der Waals surface area contributed by atoms with Crippen LogP contribution in [0.25, 0.3) is 11.1 Å². The van der Waals surface area contributed by atoms with E-state index in [4.69, 9.17) is 0 Å². The lowest BCUT2D eigenvalue weighted by atomic mass is 10.00. The largest absolute Gasteiger partial charge is 0.346 e. The number of hydrogen-bond donors (Lipinski definition) is 1. The van der Waals surface area contributed by atoms with E-state index in [0.29, 0.717) is 0 Å². The van der Waals surface area contributed by atoms with Gasteiger partial charge in [-0.15, -0.1) is 0 Å². The fraction of sp³-hybridized carbons (Fsp3) is 0.200. The molecule has 1 aromatic heterocycles. The van der Waals surface area contributed by atoms with Crippen molar-refractivity contribution in [3.63, 3.8) is 0 Å². The zero-order valence-electron chi connectivity index (χ0n) is 12.9. The Kier molecular flexibility index (Phi) is 3.72. The van der Waals surface area contributed by atoms with Crippen molar-refractivity contribution < 1.29 is 4.39 Å². The van der Waals surface area contributed by atoms with Gasteiger partial charge in [-0.2, -0.15) is 0 Å². The van der Waals surface area contributed by atoms with Crippen molar-refractivity contribution in [2.24, 2.45) is 0 Å². The van der Waals surface area contributed by atoms with Crippen LogP contribution in [0.2, 0.25) is 0 Å². The summed E-state index contributed by atoms with van der Waals surface area (Å²) < 4.78 is 15.9. The molecular formula is C20H19FN2. The zero-order valence-corrected chi connectivity index (χ0v) is 12.9. The summed E-state index contributed by atoms with van der Waals surface area (Å²) in [4.78, 5) is 0. The molecule has 116 valence electrons. The van der Waals surface area contributed by atoms with E-state index in [1.54, 1.807) is 12.1 Å². The van der Waals surface area contributed by atoms with Crippen LogP contribution in [0, 0.1) is 5.82 Å². The predicted molar refractivity (Wildman–Crippen MR) is 90.8 cm³/mol. The zero-order chi connectivity index (χ0) is 15.6. The molecule has 2 nitrogen and oxygen atoms in total. The van der Waals surface area contributed by atoms with Crippen LogP contribution in [0.4, 0.5) is 4.39 Å². The Hall–Kier alpha value is -2.39. The molecule has 0 fully saturated rings. The van der Waals surface area contributed by atoms with Crippen molar-refractivity contribution in [3.8, 4) is 11.1 Å². The fourth-order valence-electron chi connectivity index (χ4n) is 3.38. The molecule has 1 aliphatic heterocycles. The van der Waals surface area contributed by atoms with E-state index in [9.17, 15) is 4.39 Å². The Balaban J connectivity index is 1.78. The van der Waals surface area contributed by atoms with Gasteiger partial charge in [0.15, 0.2) is 0 Å². The highest BCUT2D eigenvalue weighted by Gasteiger charge is 2.20. The van der Waals surface area contributed by atoms with Gasteiger partial charge in [-0.25, -0.2) is 4.39 Å². The minimum Gasteiger partial charge on any atom is -0.346 e. The van der Waals surface area contributed by atoms with Crippen molar-refractivity contribution >= 4 is 0 Å². The molecule has 1 aliphatic rings. The van der Waals surface area contributed by atoms with Gasteiger partial charge in [-0.05, 0) is 28.8 Å². The van der Waals surface area contributed by atoms with E-state index in [-0.39, 0.29) is 5.82 Å². The molecule has 0 saturated carbocycles. The van der Waals surface area contributed by atoms with Crippen molar-refractivity contribution in [3.05, 3.63) is 83.4 Å².